The fourth-order valence-corrected chi connectivity index (χ4v) is 4.71. The highest BCUT2D eigenvalue weighted by molar-refractivity contribution is 6.00. The lowest BCUT2D eigenvalue weighted by Gasteiger charge is -2.35. The van der Waals surface area contributed by atoms with Gasteiger partial charge in [0, 0.05) is 12.2 Å². The maximum absolute atomic E-state index is 14.2. The highest BCUT2D eigenvalue weighted by Gasteiger charge is 2.37. The van der Waals surface area contributed by atoms with Crippen molar-refractivity contribution < 1.29 is 19.1 Å². The van der Waals surface area contributed by atoms with Gasteiger partial charge in [0.25, 0.3) is 5.91 Å². The Balaban J connectivity index is 2.02. The molecule has 3 aromatic rings. The van der Waals surface area contributed by atoms with Gasteiger partial charge < -0.3 is 20.3 Å². The summed E-state index contributed by atoms with van der Waals surface area (Å²) in [5, 5.41) is 7.93. The van der Waals surface area contributed by atoms with E-state index in [1.165, 1.54) is 0 Å². The second kappa shape index (κ2) is 14.2. The topological polar surface area (TPSA) is 87.7 Å². The molecule has 0 saturated carbocycles. The predicted octanol–water partition coefficient (Wildman–Crippen LogP) is 7.26. The summed E-state index contributed by atoms with van der Waals surface area (Å²) in [6.45, 7) is 13.6. The SMILES string of the molecule is CCCCN(C(=O)C(NC(=O)OC(C)(C)C)C(C)C)C(C(=O)Nc1ccc2ccccc2c1)c1ccc(CC)cc1. The van der Waals surface area contributed by atoms with Gasteiger partial charge in [0.05, 0.1) is 0 Å². The quantitative estimate of drug-likeness (QED) is 0.259. The maximum atomic E-state index is 14.2. The second-order valence-corrected chi connectivity index (χ2v) is 11.8. The van der Waals surface area contributed by atoms with Crippen LogP contribution in [-0.4, -0.2) is 41.0 Å². The second-order valence-electron chi connectivity index (χ2n) is 11.8. The largest absolute Gasteiger partial charge is 0.444 e. The van der Waals surface area contributed by atoms with Gasteiger partial charge >= 0.3 is 6.09 Å². The lowest BCUT2D eigenvalue weighted by Crippen LogP contribution is -2.54. The first-order valence-electron chi connectivity index (χ1n) is 14.6. The number of alkyl carbamates (subject to hydrolysis) is 1. The van der Waals surface area contributed by atoms with Gasteiger partial charge in [-0.05, 0) is 73.6 Å². The van der Waals surface area contributed by atoms with E-state index < -0.39 is 23.8 Å². The predicted molar refractivity (Wildman–Crippen MR) is 166 cm³/mol. The molecule has 0 aliphatic carbocycles. The molecule has 41 heavy (non-hydrogen) atoms. The number of aryl methyl sites for hydroxylation is 1. The van der Waals surface area contributed by atoms with E-state index in [1.807, 2.05) is 87.5 Å². The Hall–Kier alpha value is -3.87. The molecular formula is C34H45N3O4. The number of nitrogens with one attached hydrogen (secondary N) is 2. The summed E-state index contributed by atoms with van der Waals surface area (Å²) in [6, 6.07) is 19.8. The minimum absolute atomic E-state index is 0.231. The van der Waals surface area contributed by atoms with Crippen molar-refractivity contribution in [1.82, 2.24) is 10.2 Å². The molecule has 2 unspecified atom stereocenters. The maximum Gasteiger partial charge on any atom is 0.408 e. The van der Waals surface area contributed by atoms with Gasteiger partial charge in [0.15, 0.2) is 0 Å². The van der Waals surface area contributed by atoms with Crippen LogP contribution in [0.15, 0.2) is 66.7 Å². The van der Waals surface area contributed by atoms with Crippen LogP contribution in [-0.2, 0) is 20.7 Å². The average Bonchev–Trinajstić information content (AvgIpc) is 2.92. The first kappa shape index (κ1) is 31.7. The van der Waals surface area contributed by atoms with Gasteiger partial charge in [-0.2, -0.15) is 0 Å². The molecule has 0 saturated heterocycles. The summed E-state index contributed by atoms with van der Waals surface area (Å²) in [6.07, 6.45) is 1.74. The van der Waals surface area contributed by atoms with E-state index in [1.54, 1.807) is 25.7 Å². The van der Waals surface area contributed by atoms with E-state index >= 15 is 0 Å². The third kappa shape index (κ3) is 8.81. The molecule has 3 aromatic carbocycles. The molecule has 0 aromatic heterocycles. The number of nitrogens with zero attached hydrogens (tertiary/aromatic N) is 1. The summed E-state index contributed by atoms with van der Waals surface area (Å²) in [5.41, 5.74) is 1.80. The molecule has 7 heteroatoms. The molecular weight excluding hydrogens is 514 g/mol. The van der Waals surface area contributed by atoms with Gasteiger partial charge in [0.1, 0.15) is 17.7 Å². The van der Waals surface area contributed by atoms with E-state index in [-0.39, 0.29) is 17.7 Å². The first-order valence-corrected chi connectivity index (χ1v) is 14.6. The number of hydrogen-bond acceptors (Lipinski definition) is 4. The Morgan fingerprint density at radius 1 is 0.902 bits per heavy atom. The third-order valence-electron chi connectivity index (χ3n) is 6.92. The minimum Gasteiger partial charge on any atom is -0.444 e. The molecule has 0 aliphatic rings. The Morgan fingerprint density at radius 2 is 1.56 bits per heavy atom. The van der Waals surface area contributed by atoms with Crippen molar-refractivity contribution in [3.63, 3.8) is 0 Å². The number of unbranched alkanes of at least 4 members (excludes halogenated alkanes) is 1. The van der Waals surface area contributed by atoms with E-state index in [9.17, 15) is 14.4 Å². The molecule has 0 radical (unpaired) electrons. The van der Waals surface area contributed by atoms with Crippen molar-refractivity contribution in [3.05, 3.63) is 77.9 Å². The van der Waals surface area contributed by atoms with Gasteiger partial charge in [0.2, 0.25) is 5.91 Å². The fourth-order valence-electron chi connectivity index (χ4n) is 4.71. The minimum atomic E-state index is -0.895. The number of ether oxygens (including phenoxy) is 1. The Labute approximate surface area is 244 Å². The molecule has 0 bridgehead atoms. The van der Waals surface area contributed by atoms with E-state index in [0.29, 0.717) is 24.2 Å². The summed E-state index contributed by atoms with van der Waals surface area (Å²) in [5.74, 6) is -0.864. The molecule has 3 rings (SSSR count). The Morgan fingerprint density at radius 3 is 2.15 bits per heavy atom. The van der Waals surface area contributed by atoms with Crippen LogP contribution in [0, 0.1) is 5.92 Å². The summed E-state index contributed by atoms with van der Waals surface area (Å²) < 4.78 is 5.46. The lowest BCUT2D eigenvalue weighted by atomic mass is 9.97. The molecule has 7 nitrogen and oxygen atoms in total. The zero-order valence-electron chi connectivity index (χ0n) is 25.5. The van der Waals surface area contributed by atoms with Crippen molar-refractivity contribution in [2.24, 2.45) is 5.92 Å². The van der Waals surface area contributed by atoms with Gasteiger partial charge in [-0.1, -0.05) is 88.7 Å². The van der Waals surface area contributed by atoms with E-state index in [4.69, 9.17) is 4.74 Å². The van der Waals surface area contributed by atoms with Crippen molar-refractivity contribution in [3.8, 4) is 0 Å². The molecule has 0 aliphatic heterocycles. The highest BCUT2D eigenvalue weighted by atomic mass is 16.6. The van der Waals surface area contributed by atoms with Crippen LogP contribution in [0.4, 0.5) is 10.5 Å². The van der Waals surface area contributed by atoms with Gasteiger partial charge in [-0.25, -0.2) is 4.79 Å². The number of benzene rings is 3. The van der Waals surface area contributed by atoms with Crippen molar-refractivity contribution in [2.45, 2.75) is 85.4 Å². The highest BCUT2D eigenvalue weighted by Crippen LogP contribution is 2.28. The summed E-state index contributed by atoms with van der Waals surface area (Å²) >= 11 is 0. The van der Waals surface area contributed by atoms with E-state index in [0.717, 1.165) is 29.2 Å². The molecule has 2 atom stereocenters. The number of rotatable bonds is 11. The first-order chi connectivity index (χ1) is 19.4. The Kier molecular flexibility index (Phi) is 10.9. The summed E-state index contributed by atoms with van der Waals surface area (Å²) in [4.78, 5) is 42.7. The number of hydrogen-bond donors (Lipinski definition) is 2. The molecule has 2 N–H and O–H groups in total. The number of carbonyl (C=O) groups excluding carboxylic acids is 3. The monoisotopic (exact) mass is 559 g/mol. The van der Waals surface area contributed by atoms with Crippen LogP contribution in [0.25, 0.3) is 10.8 Å². The standard InChI is InChI=1S/C34H45N3O4/c1-8-10-21-37(32(39)29(23(3)4)36-33(40)41-34(5,6)7)30(26-17-15-24(9-2)16-18-26)31(38)35-28-20-19-25-13-11-12-14-27(25)22-28/h11-20,22-23,29-30H,8-10,21H2,1-7H3,(H,35,38)(H,36,40). The third-order valence-corrected chi connectivity index (χ3v) is 6.92. The number of fused-ring (bicyclic) bond motifs is 1. The van der Waals surface area contributed by atoms with Crippen LogP contribution in [0.1, 0.15) is 78.5 Å². The van der Waals surface area contributed by atoms with Crippen LogP contribution < -0.4 is 10.6 Å². The number of amides is 3. The smallest absolute Gasteiger partial charge is 0.408 e. The van der Waals surface area contributed by atoms with Gasteiger partial charge in [-0.15, -0.1) is 0 Å². The zero-order valence-corrected chi connectivity index (χ0v) is 25.5. The molecule has 0 fully saturated rings. The van der Waals surface area contributed by atoms with Crippen LogP contribution in [0.5, 0.6) is 0 Å². The van der Waals surface area contributed by atoms with Crippen LogP contribution in [0.3, 0.4) is 0 Å². The zero-order chi connectivity index (χ0) is 30.2. The van der Waals surface area contributed by atoms with E-state index in [2.05, 4.69) is 17.6 Å². The van der Waals surface area contributed by atoms with Gasteiger partial charge in [-0.3, -0.25) is 9.59 Å². The van der Waals surface area contributed by atoms with Crippen molar-refractivity contribution in [1.29, 1.82) is 0 Å². The molecule has 0 spiro atoms. The van der Waals surface area contributed by atoms with Crippen LogP contribution in [0.2, 0.25) is 0 Å². The number of carbonyl (C=O) groups is 3. The Bertz CT molecular complexity index is 1330. The van der Waals surface area contributed by atoms with Crippen molar-refractivity contribution >= 4 is 34.4 Å². The lowest BCUT2D eigenvalue weighted by molar-refractivity contribution is -0.141. The molecule has 220 valence electrons. The number of anilines is 1. The normalized spacial score (nSPS) is 13.0. The fraction of sp³-hybridized carbons (Fsp3) is 0.441. The molecule has 0 heterocycles. The average molecular weight is 560 g/mol. The summed E-state index contributed by atoms with van der Waals surface area (Å²) in [7, 11) is 0. The van der Waals surface area contributed by atoms with Crippen molar-refractivity contribution in [2.75, 3.05) is 11.9 Å². The van der Waals surface area contributed by atoms with Crippen LogP contribution >= 0.6 is 0 Å². The molecule has 3 amide bonds.